The Kier molecular flexibility index (Phi) is 9.01. The molecule has 1 rings (SSSR count). The van der Waals surface area contributed by atoms with Crippen LogP contribution in [0.25, 0.3) is 0 Å². The Bertz CT molecular complexity index is 536. The number of likely N-dealkylation sites (tertiary alicyclic amines) is 1. The van der Waals surface area contributed by atoms with Crippen molar-refractivity contribution in [3.63, 3.8) is 0 Å². The van der Waals surface area contributed by atoms with E-state index in [2.05, 4.69) is 0 Å². The quantitative estimate of drug-likeness (QED) is 0.194. The lowest BCUT2D eigenvalue weighted by Crippen LogP contribution is -2.59. The molecule has 0 amide bonds. The van der Waals surface area contributed by atoms with Gasteiger partial charge in [-0.05, 0) is 46.5 Å². The molecule has 0 saturated carbocycles. The van der Waals surface area contributed by atoms with Crippen LogP contribution in [-0.4, -0.2) is 58.6 Å². The van der Waals surface area contributed by atoms with Crippen LogP contribution >= 0.6 is 0 Å². The Hall–Kier alpha value is -1.35. The number of hydrogen-bond donors (Lipinski definition) is 5. The fourth-order valence-corrected chi connectivity index (χ4v) is 3.81. The number of carbonyl (C=O) groups excluding carboxylic acids is 2. The van der Waals surface area contributed by atoms with E-state index < -0.39 is 17.6 Å². The monoisotopic (exact) mass is 382 g/mol. The molecule has 1 aliphatic heterocycles. The van der Waals surface area contributed by atoms with Crippen LogP contribution in [0, 0.1) is 5.41 Å². The molecule has 8 nitrogen and oxygen atoms in total. The molecule has 1 saturated heterocycles. The molecule has 0 bridgehead atoms. The third-order valence-corrected chi connectivity index (χ3v) is 5.77. The maximum Gasteiger partial charge on any atom is 0.155 e. The van der Waals surface area contributed by atoms with Crippen molar-refractivity contribution < 1.29 is 9.59 Å². The molecule has 0 aliphatic carbocycles. The van der Waals surface area contributed by atoms with E-state index in [-0.39, 0.29) is 29.5 Å². The van der Waals surface area contributed by atoms with Crippen LogP contribution in [0.5, 0.6) is 0 Å². The molecule has 27 heavy (non-hydrogen) atoms. The van der Waals surface area contributed by atoms with Gasteiger partial charge in [0.1, 0.15) is 5.84 Å². The number of nitrogens with two attached hydrogens (primary N) is 4. The number of rotatable bonds is 11. The number of hydrogen-bond acceptors (Lipinski definition) is 7. The van der Waals surface area contributed by atoms with Gasteiger partial charge in [0.25, 0.3) is 0 Å². The zero-order valence-electron chi connectivity index (χ0n) is 17.0. The maximum absolute atomic E-state index is 12.5. The molecule has 156 valence electrons. The Morgan fingerprint density at radius 2 is 1.63 bits per heavy atom. The highest BCUT2D eigenvalue weighted by atomic mass is 16.1. The van der Waals surface area contributed by atoms with Gasteiger partial charge >= 0.3 is 0 Å². The summed E-state index contributed by atoms with van der Waals surface area (Å²) in [7, 11) is 0. The van der Waals surface area contributed by atoms with E-state index in [4.69, 9.17) is 28.3 Å². The molecule has 0 aromatic rings. The summed E-state index contributed by atoms with van der Waals surface area (Å²) in [5.74, 6) is 0.297. The lowest BCUT2D eigenvalue weighted by Gasteiger charge is -2.40. The van der Waals surface area contributed by atoms with Crippen molar-refractivity contribution in [2.45, 2.75) is 95.4 Å². The minimum Gasteiger partial charge on any atom is -0.346 e. The number of nitrogens with one attached hydrogen (secondary N) is 1. The van der Waals surface area contributed by atoms with Gasteiger partial charge < -0.3 is 27.8 Å². The lowest BCUT2D eigenvalue weighted by molar-refractivity contribution is -0.126. The number of ketones is 2. The predicted octanol–water partition coefficient (Wildman–Crippen LogP) is 0.256. The molecular weight excluding hydrogens is 344 g/mol. The zero-order valence-corrected chi connectivity index (χ0v) is 17.0. The summed E-state index contributed by atoms with van der Waals surface area (Å²) in [6, 6.07) is -1.88. The highest BCUT2D eigenvalue weighted by Crippen LogP contribution is 2.36. The molecule has 0 spiro atoms. The fraction of sp³-hybridized carbons (Fsp3) is 0.842. The van der Waals surface area contributed by atoms with E-state index in [1.165, 1.54) is 0 Å². The Morgan fingerprint density at radius 3 is 2.15 bits per heavy atom. The van der Waals surface area contributed by atoms with Crippen LogP contribution in [0.3, 0.4) is 0 Å². The van der Waals surface area contributed by atoms with Gasteiger partial charge in [-0.15, -0.1) is 0 Å². The second-order valence-corrected chi connectivity index (χ2v) is 8.02. The molecular formula is C19H38N6O2. The van der Waals surface area contributed by atoms with Crippen molar-refractivity contribution >= 4 is 17.4 Å². The normalized spacial score (nSPS) is 24.3. The van der Waals surface area contributed by atoms with Crippen molar-refractivity contribution in [2.24, 2.45) is 22.9 Å². The number of unbranched alkanes of at least 4 members (excludes halogenated alkanes) is 2. The van der Waals surface area contributed by atoms with E-state index in [0.29, 0.717) is 19.4 Å². The van der Waals surface area contributed by atoms with E-state index in [1.54, 1.807) is 20.8 Å². The third kappa shape index (κ3) is 5.81. The third-order valence-electron chi connectivity index (χ3n) is 5.77. The number of carbonyl (C=O) groups is 2. The van der Waals surface area contributed by atoms with E-state index in [1.807, 2.05) is 4.90 Å². The molecule has 8 heteroatoms. The molecule has 1 aliphatic rings. The molecule has 5 unspecified atom stereocenters. The molecule has 1 fully saturated rings. The van der Waals surface area contributed by atoms with Crippen molar-refractivity contribution in [1.82, 2.24) is 4.90 Å². The molecule has 0 aromatic carbocycles. The van der Waals surface area contributed by atoms with Crippen LogP contribution in [-0.2, 0) is 9.59 Å². The first-order valence-electron chi connectivity index (χ1n) is 9.96. The maximum atomic E-state index is 12.5. The van der Waals surface area contributed by atoms with Gasteiger partial charge in [0.15, 0.2) is 11.6 Å². The van der Waals surface area contributed by atoms with Gasteiger partial charge in [-0.1, -0.05) is 12.8 Å². The summed E-state index contributed by atoms with van der Waals surface area (Å²) in [6.45, 7) is 5.75. The first-order chi connectivity index (χ1) is 12.5. The van der Waals surface area contributed by atoms with Gasteiger partial charge in [-0.25, -0.2) is 0 Å². The van der Waals surface area contributed by atoms with Crippen LogP contribution in [0.15, 0.2) is 0 Å². The Morgan fingerprint density at radius 1 is 1.04 bits per heavy atom. The lowest BCUT2D eigenvalue weighted by atomic mass is 9.84. The topological polar surface area (TPSA) is 165 Å². The molecule has 5 atom stereocenters. The number of nitrogens with zero attached hydrogens (tertiary/aromatic N) is 1. The molecule has 1 heterocycles. The second-order valence-electron chi connectivity index (χ2n) is 8.02. The number of Topliss-reactive ketones (excluding diaryl/α,β-unsaturated/α-hetero) is 2. The standard InChI is InChI=1S/C19H38N6O2/c1-12(20)16(22)15(27)8-5-4-6-9-19(14(3)26)10-7-11-25(19)18(24)17(23)13(2)21/h12-13,16-17,24H,4-11,20-23H2,1-3H3. The SMILES string of the molecule is CC(=O)C1(CCCCCC(=O)C(N)C(C)N)CCCN1C(=N)C(N)C(C)N. The first kappa shape index (κ1) is 23.7. The predicted molar refractivity (Wildman–Crippen MR) is 108 cm³/mol. The van der Waals surface area contributed by atoms with Crippen LogP contribution in [0.4, 0.5) is 0 Å². The average Bonchev–Trinajstić information content (AvgIpc) is 3.04. The summed E-state index contributed by atoms with van der Waals surface area (Å²) in [4.78, 5) is 26.3. The minimum absolute atomic E-state index is 0.0153. The van der Waals surface area contributed by atoms with E-state index in [9.17, 15) is 9.59 Å². The molecule has 9 N–H and O–H groups in total. The Balaban J connectivity index is 2.64. The van der Waals surface area contributed by atoms with Crippen LogP contribution < -0.4 is 22.9 Å². The molecule has 0 aromatic heterocycles. The van der Waals surface area contributed by atoms with Gasteiger partial charge in [-0.2, -0.15) is 0 Å². The van der Waals surface area contributed by atoms with Crippen molar-refractivity contribution in [2.75, 3.05) is 6.54 Å². The van der Waals surface area contributed by atoms with Gasteiger partial charge in [-0.3, -0.25) is 15.0 Å². The van der Waals surface area contributed by atoms with Gasteiger partial charge in [0, 0.05) is 25.0 Å². The second kappa shape index (κ2) is 10.3. The minimum atomic E-state index is -0.671. The van der Waals surface area contributed by atoms with Crippen LogP contribution in [0.2, 0.25) is 0 Å². The first-order valence-corrected chi connectivity index (χ1v) is 9.96. The fourth-order valence-electron chi connectivity index (χ4n) is 3.81. The van der Waals surface area contributed by atoms with Gasteiger partial charge in [0.2, 0.25) is 0 Å². The van der Waals surface area contributed by atoms with Crippen molar-refractivity contribution in [3.05, 3.63) is 0 Å². The van der Waals surface area contributed by atoms with E-state index >= 15 is 0 Å². The summed E-state index contributed by atoms with van der Waals surface area (Å²) in [6.07, 6.45) is 5.00. The smallest absolute Gasteiger partial charge is 0.155 e. The summed E-state index contributed by atoms with van der Waals surface area (Å²) in [5, 5.41) is 8.43. The summed E-state index contributed by atoms with van der Waals surface area (Å²) < 4.78 is 0. The largest absolute Gasteiger partial charge is 0.346 e. The highest BCUT2D eigenvalue weighted by Gasteiger charge is 2.46. The summed E-state index contributed by atoms with van der Waals surface area (Å²) >= 11 is 0. The van der Waals surface area contributed by atoms with Crippen molar-refractivity contribution in [1.29, 1.82) is 5.41 Å². The van der Waals surface area contributed by atoms with Crippen LogP contribution in [0.1, 0.15) is 65.7 Å². The van der Waals surface area contributed by atoms with Crippen molar-refractivity contribution in [3.8, 4) is 0 Å². The number of amidine groups is 1. The van der Waals surface area contributed by atoms with E-state index in [0.717, 1.165) is 32.1 Å². The highest BCUT2D eigenvalue weighted by molar-refractivity contribution is 5.95. The average molecular weight is 383 g/mol. The Labute approximate surface area is 162 Å². The zero-order chi connectivity index (χ0) is 20.8. The molecule has 0 radical (unpaired) electrons. The van der Waals surface area contributed by atoms with Gasteiger partial charge in [0.05, 0.1) is 17.6 Å². The summed E-state index contributed by atoms with van der Waals surface area (Å²) in [5.41, 5.74) is 22.7.